The molecule has 1 saturated carbocycles. The van der Waals surface area contributed by atoms with Gasteiger partial charge in [0.05, 0.1) is 0 Å². The number of urea groups is 1. The average Bonchev–Trinajstić information content (AvgIpc) is 3.10. The Morgan fingerprint density at radius 1 is 1.24 bits per heavy atom. The minimum atomic E-state index is -0.673. The quantitative estimate of drug-likeness (QED) is 0.867. The Morgan fingerprint density at radius 3 is 2.67 bits per heavy atom. The predicted octanol–water partition coefficient (Wildman–Crippen LogP) is 2.18. The lowest BCUT2D eigenvalue weighted by Gasteiger charge is -2.32. The fraction of sp³-hybridized carbons (Fsp3) is 0.533. The molecule has 1 N–H and O–H groups in total. The molecule has 21 heavy (non-hydrogen) atoms. The van der Waals surface area contributed by atoms with Crippen molar-refractivity contribution in [2.24, 2.45) is 11.8 Å². The number of rotatable bonds is 4. The van der Waals surface area contributed by atoms with Gasteiger partial charge in [-0.25, -0.2) is 4.79 Å². The highest BCUT2D eigenvalue weighted by Gasteiger charge is 2.44. The van der Waals surface area contributed by atoms with Gasteiger partial charge in [-0.2, -0.15) is 11.3 Å². The second-order valence-corrected chi connectivity index (χ2v) is 6.47. The molecule has 0 bridgehead atoms. The molecule has 0 aromatic carbocycles. The Bertz CT molecular complexity index is 549. The zero-order valence-electron chi connectivity index (χ0n) is 11.7. The third kappa shape index (κ3) is 2.85. The molecule has 2 fully saturated rings. The van der Waals surface area contributed by atoms with Gasteiger partial charge in [-0.05, 0) is 47.6 Å². The van der Waals surface area contributed by atoms with Crippen molar-refractivity contribution in [1.29, 1.82) is 0 Å². The van der Waals surface area contributed by atoms with E-state index in [0.717, 1.165) is 31.2 Å². The first-order chi connectivity index (χ1) is 10.2. The third-order valence-electron chi connectivity index (χ3n) is 4.37. The first kappa shape index (κ1) is 14.3. The van der Waals surface area contributed by atoms with Crippen molar-refractivity contribution in [2.75, 3.05) is 6.54 Å². The Kier molecular flexibility index (Phi) is 4.05. The van der Waals surface area contributed by atoms with Crippen molar-refractivity contribution in [3.05, 3.63) is 22.4 Å². The number of nitrogens with one attached hydrogen (secondary N) is 1. The number of hydrogen-bond acceptors (Lipinski definition) is 4. The fourth-order valence-electron chi connectivity index (χ4n) is 3.22. The van der Waals surface area contributed by atoms with Crippen LogP contribution in [0.15, 0.2) is 16.8 Å². The predicted molar refractivity (Wildman–Crippen MR) is 78.7 cm³/mol. The summed E-state index contributed by atoms with van der Waals surface area (Å²) in [5, 5.41) is 6.32. The zero-order chi connectivity index (χ0) is 14.8. The van der Waals surface area contributed by atoms with Crippen LogP contribution in [0.1, 0.15) is 31.2 Å². The van der Waals surface area contributed by atoms with E-state index in [9.17, 15) is 14.4 Å². The minimum Gasteiger partial charge on any atom is -0.277 e. The summed E-state index contributed by atoms with van der Waals surface area (Å²) in [5.74, 6) is -1.31. The SMILES string of the molecule is O=C1NC(=O)N(CCc2ccsc2)C(=O)C1C1CCCC1. The van der Waals surface area contributed by atoms with Crippen LogP contribution >= 0.6 is 11.3 Å². The van der Waals surface area contributed by atoms with Gasteiger partial charge in [-0.3, -0.25) is 19.8 Å². The number of carbonyl (C=O) groups excluding carboxylic acids is 3. The Balaban J connectivity index is 1.71. The number of barbiturate groups is 1. The van der Waals surface area contributed by atoms with E-state index in [0.29, 0.717) is 13.0 Å². The highest BCUT2D eigenvalue weighted by molar-refractivity contribution is 7.07. The Hall–Kier alpha value is -1.69. The summed E-state index contributed by atoms with van der Waals surface area (Å²) in [5.41, 5.74) is 1.11. The maximum atomic E-state index is 12.5. The molecule has 1 aromatic heterocycles. The summed E-state index contributed by atoms with van der Waals surface area (Å²) < 4.78 is 0. The van der Waals surface area contributed by atoms with E-state index in [-0.39, 0.29) is 11.8 Å². The van der Waals surface area contributed by atoms with Crippen LogP contribution in [0.5, 0.6) is 0 Å². The van der Waals surface area contributed by atoms with Crippen LogP contribution in [0.3, 0.4) is 0 Å². The second kappa shape index (κ2) is 5.97. The van der Waals surface area contributed by atoms with Crippen molar-refractivity contribution in [3.63, 3.8) is 0 Å². The summed E-state index contributed by atoms with van der Waals surface area (Å²) in [7, 11) is 0. The lowest BCUT2D eigenvalue weighted by Crippen LogP contribution is -2.59. The molecule has 0 spiro atoms. The van der Waals surface area contributed by atoms with Crippen LogP contribution in [-0.2, 0) is 16.0 Å². The van der Waals surface area contributed by atoms with Gasteiger partial charge in [0.1, 0.15) is 5.92 Å². The molecule has 112 valence electrons. The summed E-state index contributed by atoms with van der Waals surface area (Å²) >= 11 is 1.59. The first-order valence-corrected chi connectivity index (χ1v) is 8.28. The highest BCUT2D eigenvalue weighted by Crippen LogP contribution is 2.33. The lowest BCUT2D eigenvalue weighted by atomic mass is 9.87. The Labute approximate surface area is 127 Å². The summed E-state index contributed by atoms with van der Waals surface area (Å²) in [6, 6.07) is 1.41. The van der Waals surface area contributed by atoms with Gasteiger partial charge in [-0.1, -0.05) is 12.8 Å². The van der Waals surface area contributed by atoms with Gasteiger partial charge < -0.3 is 0 Å². The average molecular weight is 306 g/mol. The highest BCUT2D eigenvalue weighted by atomic mass is 32.1. The van der Waals surface area contributed by atoms with Gasteiger partial charge in [-0.15, -0.1) is 0 Å². The number of nitrogens with zero attached hydrogens (tertiary/aromatic N) is 1. The van der Waals surface area contributed by atoms with Crippen molar-refractivity contribution >= 4 is 29.2 Å². The van der Waals surface area contributed by atoms with E-state index in [1.54, 1.807) is 11.3 Å². The van der Waals surface area contributed by atoms with E-state index < -0.39 is 17.9 Å². The molecular formula is C15H18N2O3S. The number of thiophene rings is 1. The fourth-order valence-corrected chi connectivity index (χ4v) is 3.93. The molecule has 1 saturated heterocycles. The normalized spacial score (nSPS) is 23.7. The minimum absolute atomic E-state index is 0.0919. The largest absolute Gasteiger partial charge is 0.330 e. The van der Waals surface area contributed by atoms with Gasteiger partial charge in [0.15, 0.2) is 0 Å². The number of carbonyl (C=O) groups is 3. The third-order valence-corrected chi connectivity index (χ3v) is 5.10. The van der Waals surface area contributed by atoms with Crippen molar-refractivity contribution < 1.29 is 14.4 Å². The van der Waals surface area contributed by atoms with E-state index in [1.807, 2.05) is 16.8 Å². The van der Waals surface area contributed by atoms with Crippen LogP contribution in [0, 0.1) is 11.8 Å². The molecule has 6 heteroatoms. The van der Waals surface area contributed by atoms with Gasteiger partial charge in [0, 0.05) is 6.54 Å². The monoisotopic (exact) mass is 306 g/mol. The number of hydrogen-bond donors (Lipinski definition) is 1. The van der Waals surface area contributed by atoms with E-state index in [1.165, 1.54) is 4.90 Å². The summed E-state index contributed by atoms with van der Waals surface area (Å²) in [6.07, 6.45) is 4.55. The molecule has 5 nitrogen and oxygen atoms in total. The van der Waals surface area contributed by atoms with Crippen LogP contribution in [0.2, 0.25) is 0 Å². The molecule has 1 unspecified atom stereocenters. The van der Waals surface area contributed by atoms with Crippen molar-refractivity contribution in [3.8, 4) is 0 Å². The molecule has 1 aromatic rings. The van der Waals surface area contributed by atoms with E-state index in [4.69, 9.17) is 0 Å². The molecular weight excluding hydrogens is 288 g/mol. The molecule has 0 radical (unpaired) electrons. The maximum absolute atomic E-state index is 12.5. The van der Waals surface area contributed by atoms with Crippen LogP contribution in [0.25, 0.3) is 0 Å². The first-order valence-electron chi connectivity index (χ1n) is 7.34. The number of amides is 4. The number of imide groups is 2. The summed E-state index contributed by atoms with van der Waals surface area (Å²) in [4.78, 5) is 37.7. The Morgan fingerprint density at radius 2 is 2.00 bits per heavy atom. The van der Waals surface area contributed by atoms with Crippen LogP contribution in [-0.4, -0.2) is 29.3 Å². The zero-order valence-corrected chi connectivity index (χ0v) is 12.5. The van der Waals surface area contributed by atoms with Gasteiger partial charge in [0.2, 0.25) is 11.8 Å². The van der Waals surface area contributed by atoms with E-state index >= 15 is 0 Å². The smallest absolute Gasteiger partial charge is 0.277 e. The molecule has 1 atom stereocenters. The molecule has 3 rings (SSSR count). The topological polar surface area (TPSA) is 66.5 Å². The molecule has 2 aliphatic rings. The van der Waals surface area contributed by atoms with Crippen molar-refractivity contribution in [2.45, 2.75) is 32.1 Å². The van der Waals surface area contributed by atoms with Crippen LogP contribution in [0.4, 0.5) is 4.79 Å². The molecule has 4 amide bonds. The van der Waals surface area contributed by atoms with Crippen molar-refractivity contribution in [1.82, 2.24) is 10.2 Å². The second-order valence-electron chi connectivity index (χ2n) is 5.69. The lowest BCUT2D eigenvalue weighted by molar-refractivity contribution is -0.144. The van der Waals surface area contributed by atoms with E-state index in [2.05, 4.69) is 5.32 Å². The maximum Gasteiger partial charge on any atom is 0.330 e. The molecule has 2 heterocycles. The van der Waals surface area contributed by atoms with Gasteiger partial charge in [0.25, 0.3) is 0 Å². The van der Waals surface area contributed by atoms with Gasteiger partial charge >= 0.3 is 6.03 Å². The molecule has 1 aliphatic carbocycles. The summed E-state index contributed by atoms with van der Waals surface area (Å²) in [6.45, 7) is 0.331. The molecule has 1 aliphatic heterocycles. The standard InChI is InChI=1S/C15H18N2O3S/c18-13-12(11-3-1-2-4-11)14(19)17(15(20)16-13)7-5-10-6-8-21-9-10/h6,8-9,11-12H,1-5,7H2,(H,16,18,20). The van der Waals surface area contributed by atoms with Crippen LogP contribution < -0.4 is 5.32 Å².